The van der Waals surface area contributed by atoms with E-state index in [4.69, 9.17) is 0 Å². The van der Waals surface area contributed by atoms with Crippen molar-refractivity contribution in [2.24, 2.45) is 5.92 Å². The highest BCUT2D eigenvalue weighted by molar-refractivity contribution is 5.47. The lowest BCUT2D eigenvalue weighted by Gasteiger charge is -1.93. The summed E-state index contributed by atoms with van der Waals surface area (Å²) in [6, 6.07) is 0. The minimum atomic E-state index is -2.52. The third-order valence-corrected chi connectivity index (χ3v) is 1.38. The SMILES string of the molecule is O=[C]NCC1CC1(F)F. The molecule has 1 radical (unpaired) electrons. The molecule has 1 atom stereocenters. The topological polar surface area (TPSA) is 29.1 Å². The second-order valence-electron chi connectivity index (χ2n) is 2.15. The number of amides is 1. The number of alkyl halides is 2. The van der Waals surface area contributed by atoms with Crippen LogP contribution in [0.3, 0.4) is 0 Å². The Labute approximate surface area is 51.2 Å². The van der Waals surface area contributed by atoms with E-state index in [1.807, 2.05) is 0 Å². The minimum absolute atomic E-state index is 0.0521. The molecule has 1 rings (SSSR count). The van der Waals surface area contributed by atoms with E-state index in [0.29, 0.717) is 0 Å². The first-order chi connectivity index (χ1) is 4.17. The van der Waals surface area contributed by atoms with E-state index in [-0.39, 0.29) is 13.0 Å². The van der Waals surface area contributed by atoms with Crippen LogP contribution < -0.4 is 5.32 Å². The maximum Gasteiger partial charge on any atom is 0.309 e. The molecular weight excluding hydrogens is 128 g/mol. The molecule has 0 saturated heterocycles. The summed E-state index contributed by atoms with van der Waals surface area (Å²) < 4.78 is 23.9. The van der Waals surface area contributed by atoms with Gasteiger partial charge < -0.3 is 5.32 Å². The fraction of sp³-hybridized carbons (Fsp3) is 0.800. The van der Waals surface area contributed by atoms with Gasteiger partial charge in [0.2, 0.25) is 0 Å². The van der Waals surface area contributed by atoms with Crippen LogP contribution in [0.25, 0.3) is 0 Å². The van der Waals surface area contributed by atoms with Gasteiger partial charge in [-0.2, -0.15) is 0 Å². The van der Waals surface area contributed by atoms with E-state index in [0.717, 1.165) is 0 Å². The number of halogens is 2. The van der Waals surface area contributed by atoms with Crippen LogP contribution in [0.5, 0.6) is 0 Å². The van der Waals surface area contributed by atoms with Gasteiger partial charge in [-0.05, 0) is 0 Å². The van der Waals surface area contributed by atoms with E-state index >= 15 is 0 Å². The van der Waals surface area contributed by atoms with Crippen molar-refractivity contribution >= 4 is 6.41 Å². The lowest BCUT2D eigenvalue weighted by Crippen LogP contribution is -2.16. The molecular formula is C5H6F2NO. The standard InChI is InChI=1S/C5H6F2NO/c6-5(7)1-4(5)2-8-3-9/h4H,1-2H2,(H,8,9). The van der Waals surface area contributed by atoms with Gasteiger partial charge in [-0.15, -0.1) is 0 Å². The third-order valence-electron chi connectivity index (χ3n) is 1.38. The average molecular weight is 134 g/mol. The monoisotopic (exact) mass is 134 g/mol. The molecule has 0 aromatic heterocycles. The van der Waals surface area contributed by atoms with Gasteiger partial charge in [0, 0.05) is 18.9 Å². The van der Waals surface area contributed by atoms with E-state index in [1.165, 1.54) is 6.41 Å². The first kappa shape index (κ1) is 6.45. The Morgan fingerprint density at radius 1 is 1.78 bits per heavy atom. The fourth-order valence-electron chi connectivity index (χ4n) is 0.656. The summed E-state index contributed by atoms with van der Waals surface area (Å²) in [5, 5.41) is 2.08. The fourth-order valence-corrected chi connectivity index (χ4v) is 0.656. The third kappa shape index (κ3) is 1.37. The molecule has 2 nitrogen and oxygen atoms in total. The lowest BCUT2D eigenvalue weighted by molar-refractivity contribution is 0.0996. The number of nitrogens with one attached hydrogen (secondary N) is 1. The predicted octanol–water partition coefficient (Wildman–Crippen LogP) is 0.298. The van der Waals surface area contributed by atoms with Gasteiger partial charge >= 0.3 is 6.41 Å². The normalized spacial score (nSPS) is 29.3. The first-order valence-corrected chi connectivity index (χ1v) is 2.64. The van der Waals surface area contributed by atoms with Crippen molar-refractivity contribution in [2.75, 3.05) is 6.54 Å². The molecule has 1 aliphatic carbocycles. The Bertz CT molecular complexity index is 126. The molecule has 0 heterocycles. The zero-order valence-electron chi connectivity index (χ0n) is 4.66. The van der Waals surface area contributed by atoms with Crippen LogP contribution in [-0.2, 0) is 4.79 Å². The Balaban J connectivity index is 2.12. The Morgan fingerprint density at radius 3 is 2.67 bits per heavy atom. The molecule has 1 N–H and O–H groups in total. The molecule has 4 heteroatoms. The molecule has 0 aliphatic heterocycles. The summed E-state index contributed by atoms with van der Waals surface area (Å²) in [5.41, 5.74) is 0. The highest BCUT2D eigenvalue weighted by atomic mass is 19.3. The molecule has 9 heavy (non-hydrogen) atoms. The molecule has 0 aromatic carbocycles. The zero-order valence-corrected chi connectivity index (χ0v) is 4.66. The van der Waals surface area contributed by atoms with Gasteiger partial charge in [0.05, 0.1) is 0 Å². The quantitative estimate of drug-likeness (QED) is 0.552. The molecule has 51 valence electrons. The van der Waals surface area contributed by atoms with Crippen molar-refractivity contribution in [1.82, 2.24) is 5.32 Å². The van der Waals surface area contributed by atoms with Crippen molar-refractivity contribution in [3.05, 3.63) is 0 Å². The Kier molecular flexibility index (Phi) is 1.38. The second-order valence-corrected chi connectivity index (χ2v) is 2.15. The van der Waals surface area contributed by atoms with Crippen LogP contribution in [0.15, 0.2) is 0 Å². The highest BCUT2D eigenvalue weighted by Crippen LogP contribution is 2.47. The summed E-state index contributed by atoms with van der Waals surface area (Å²) in [4.78, 5) is 9.47. The highest BCUT2D eigenvalue weighted by Gasteiger charge is 2.56. The zero-order chi connectivity index (χ0) is 6.91. The van der Waals surface area contributed by atoms with Crippen molar-refractivity contribution in [3.63, 3.8) is 0 Å². The molecule has 1 amide bonds. The average Bonchev–Trinajstić information content (AvgIpc) is 2.35. The van der Waals surface area contributed by atoms with Crippen molar-refractivity contribution < 1.29 is 13.6 Å². The summed E-state index contributed by atoms with van der Waals surface area (Å²) in [6.45, 7) is 0.0521. The van der Waals surface area contributed by atoms with Crippen LogP contribution in [0, 0.1) is 5.92 Å². The van der Waals surface area contributed by atoms with Crippen molar-refractivity contribution in [2.45, 2.75) is 12.3 Å². The van der Waals surface area contributed by atoms with Crippen LogP contribution in [0.2, 0.25) is 0 Å². The first-order valence-electron chi connectivity index (χ1n) is 2.64. The maximum absolute atomic E-state index is 11.9. The van der Waals surface area contributed by atoms with Crippen LogP contribution >= 0.6 is 0 Å². The largest absolute Gasteiger partial charge is 0.347 e. The van der Waals surface area contributed by atoms with Crippen LogP contribution in [0.1, 0.15) is 6.42 Å². The van der Waals surface area contributed by atoms with Gasteiger partial charge in [0.1, 0.15) is 0 Å². The smallest absolute Gasteiger partial charge is 0.309 e. The van der Waals surface area contributed by atoms with Crippen LogP contribution in [-0.4, -0.2) is 18.9 Å². The van der Waals surface area contributed by atoms with E-state index in [9.17, 15) is 13.6 Å². The van der Waals surface area contributed by atoms with Gasteiger partial charge in [0.25, 0.3) is 5.92 Å². The van der Waals surface area contributed by atoms with E-state index in [2.05, 4.69) is 5.32 Å². The molecule has 1 unspecified atom stereocenters. The molecule has 0 bridgehead atoms. The maximum atomic E-state index is 11.9. The summed E-state index contributed by atoms with van der Waals surface area (Å²) in [7, 11) is 0. The molecule has 0 aromatic rings. The number of carbonyl (C=O) groups excluding carboxylic acids is 1. The number of hydrogen-bond acceptors (Lipinski definition) is 1. The van der Waals surface area contributed by atoms with Gasteiger partial charge in [0.15, 0.2) is 0 Å². The summed E-state index contributed by atoms with van der Waals surface area (Å²) in [5.74, 6) is -3.16. The Morgan fingerprint density at radius 2 is 2.33 bits per heavy atom. The van der Waals surface area contributed by atoms with E-state index in [1.54, 1.807) is 0 Å². The lowest BCUT2D eigenvalue weighted by atomic mass is 10.4. The Hall–Kier alpha value is -0.670. The van der Waals surface area contributed by atoms with Crippen molar-refractivity contribution in [1.29, 1.82) is 0 Å². The molecule has 1 aliphatic rings. The molecule has 1 saturated carbocycles. The van der Waals surface area contributed by atoms with Gasteiger partial charge in [-0.25, -0.2) is 8.78 Å². The molecule has 0 spiro atoms. The van der Waals surface area contributed by atoms with E-state index < -0.39 is 11.8 Å². The van der Waals surface area contributed by atoms with Gasteiger partial charge in [-0.1, -0.05) is 0 Å². The second kappa shape index (κ2) is 1.93. The van der Waals surface area contributed by atoms with Gasteiger partial charge in [-0.3, -0.25) is 4.79 Å². The van der Waals surface area contributed by atoms with Crippen molar-refractivity contribution in [3.8, 4) is 0 Å². The number of hydrogen-bond donors (Lipinski definition) is 1. The minimum Gasteiger partial charge on any atom is -0.347 e. The van der Waals surface area contributed by atoms with Crippen LogP contribution in [0.4, 0.5) is 8.78 Å². The molecule has 1 fully saturated rings. The number of rotatable bonds is 3. The summed E-state index contributed by atoms with van der Waals surface area (Å²) in [6.07, 6.45) is 1.25. The predicted molar refractivity (Wildman–Crippen MR) is 26.8 cm³/mol. The summed E-state index contributed by atoms with van der Waals surface area (Å²) >= 11 is 0.